The van der Waals surface area contributed by atoms with Crippen LogP contribution in [-0.2, 0) is 11.3 Å². The summed E-state index contributed by atoms with van der Waals surface area (Å²) < 4.78 is 7.38. The van der Waals surface area contributed by atoms with Crippen molar-refractivity contribution in [2.75, 3.05) is 25.9 Å². The predicted molar refractivity (Wildman–Crippen MR) is 122 cm³/mol. The van der Waals surface area contributed by atoms with Gasteiger partial charge < -0.3 is 20.4 Å². The molecule has 0 aliphatic heterocycles. The Morgan fingerprint density at radius 2 is 2.18 bits per heavy atom. The molecule has 3 heterocycles. The second-order valence-corrected chi connectivity index (χ2v) is 7.96. The number of hydrogen-bond donors (Lipinski definition) is 5. The zero-order chi connectivity index (χ0) is 23.2. The number of nitrogens with two attached hydrogens (primary N) is 1. The summed E-state index contributed by atoms with van der Waals surface area (Å²) in [5.41, 5.74) is 10.6. The number of imidazole rings is 1. The predicted octanol–water partition coefficient (Wildman–Crippen LogP) is 1.44. The minimum atomic E-state index is -0.447. The molecule has 0 radical (unpaired) electrons. The lowest BCUT2D eigenvalue weighted by molar-refractivity contribution is -0.129. The molecule has 0 aliphatic carbocycles. The molecular formula is C20H23N9O3S. The number of hydrogen-bond acceptors (Lipinski definition) is 10. The van der Waals surface area contributed by atoms with Gasteiger partial charge in [-0.15, -0.1) is 0 Å². The Labute approximate surface area is 192 Å². The normalized spacial score (nSPS) is 11.1. The molecule has 0 saturated carbocycles. The van der Waals surface area contributed by atoms with E-state index >= 15 is 0 Å². The van der Waals surface area contributed by atoms with E-state index in [0.717, 1.165) is 16.2 Å². The van der Waals surface area contributed by atoms with E-state index in [4.69, 9.17) is 20.7 Å². The summed E-state index contributed by atoms with van der Waals surface area (Å²) in [6.07, 6.45) is 3.27. The summed E-state index contributed by atoms with van der Waals surface area (Å²) in [7, 11) is 1.62. The first-order valence-electron chi connectivity index (χ1n) is 10.1. The molecule has 4 aromatic rings. The first-order valence-corrected chi connectivity index (χ1v) is 10.9. The van der Waals surface area contributed by atoms with Gasteiger partial charge in [0, 0.05) is 42.7 Å². The summed E-state index contributed by atoms with van der Waals surface area (Å²) in [6.45, 7) is 1.49. The third-order valence-electron chi connectivity index (χ3n) is 4.87. The van der Waals surface area contributed by atoms with Gasteiger partial charge in [0.2, 0.25) is 5.91 Å². The molecule has 33 heavy (non-hydrogen) atoms. The molecule has 0 bridgehead atoms. The van der Waals surface area contributed by atoms with Crippen molar-refractivity contribution < 1.29 is 14.7 Å². The number of aromatic amines is 1. The van der Waals surface area contributed by atoms with E-state index in [-0.39, 0.29) is 6.42 Å². The molecule has 0 atom stereocenters. The highest BCUT2D eigenvalue weighted by Crippen LogP contribution is 2.38. The summed E-state index contributed by atoms with van der Waals surface area (Å²) >= 11 is 1.45. The van der Waals surface area contributed by atoms with Gasteiger partial charge in [0.1, 0.15) is 12.1 Å². The van der Waals surface area contributed by atoms with E-state index in [1.165, 1.54) is 18.1 Å². The number of benzene rings is 1. The van der Waals surface area contributed by atoms with Crippen LogP contribution in [-0.4, -0.2) is 61.0 Å². The van der Waals surface area contributed by atoms with Gasteiger partial charge in [-0.25, -0.2) is 20.4 Å². The minimum Gasteiger partial charge on any atom is -0.497 e. The van der Waals surface area contributed by atoms with E-state index in [9.17, 15) is 4.79 Å². The molecule has 1 amide bonds. The van der Waals surface area contributed by atoms with Crippen LogP contribution >= 0.6 is 11.8 Å². The van der Waals surface area contributed by atoms with E-state index in [1.807, 2.05) is 28.8 Å². The lowest BCUT2D eigenvalue weighted by Gasteiger charge is -2.12. The Kier molecular flexibility index (Phi) is 7.02. The fourth-order valence-electron chi connectivity index (χ4n) is 3.23. The van der Waals surface area contributed by atoms with E-state index in [0.29, 0.717) is 47.5 Å². The van der Waals surface area contributed by atoms with Crippen LogP contribution < -0.4 is 21.3 Å². The summed E-state index contributed by atoms with van der Waals surface area (Å²) in [6, 6.07) is 7.68. The number of ether oxygens (including phenoxy) is 1. The maximum atomic E-state index is 11.2. The Balaban J connectivity index is 1.64. The van der Waals surface area contributed by atoms with Crippen molar-refractivity contribution in [1.82, 2.24) is 40.5 Å². The number of methoxy groups -OCH3 is 1. The molecule has 6 N–H and O–H groups in total. The summed E-state index contributed by atoms with van der Waals surface area (Å²) in [4.78, 5) is 25.2. The lowest BCUT2D eigenvalue weighted by Crippen LogP contribution is -2.27. The van der Waals surface area contributed by atoms with Crippen LogP contribution in [0.4, 0.5) is 5.82 Å². The van der Waals surface area contributed by atoms with E-state index in [1.54, 1.807) is 18.8 Å². The average Bonchev–Trinajstić information content (AvgIpc) is 3.48. The van der Waals surface area contributed by atoms with Gasteiger partial charge in [-0.2, -0.15) is 5.10 Å². The summed E-state index contributed by atoms with van der Waals surface area (Å²) in [5.74, 6) is 0.566. The van der Waals surface area contributed by atoms with Crippen LogP contribution in [0, 0.1) is 0 Å². The van der Waals surface area contributed by atoms with Gasteiger partial charge in [-0.05, 0) is 24.3 Å². The van der Waals surface area contributed by atoms with E-state index in [2.05, 4.69) is 25.5 Å². The molecule has 13 heteroatoms. The molecule has 172 valence electrons. The first-order chi connectivity index (χ1) is 16.1. The smallest absolute Gasteiger partial charge is 0.244 e. The molecule has 0 aliphatic rings. The molecular weight excluding hydrogens is 446 g/mol. The highest BCUT2D eigenvalue weighted by molar-refractivity contribution is 7.99. The molecule has 3 aromatic heterocycles. The number of rotatable bonds is 10. The lowest BCUT2D eigenvalue weighted by atomic mass is 10.1. The average molecular weight is 470 g/mol. The van der Waals surface area contributed by atoms with Crippen molar-refractivity contribution in [3.63, 3.8) is 0 Å². The van der Waals surface area contributed by atoms with Crippen molar-refractivity contribution in [2.24, 2.45) is 0 Å². The zero-order valence-corrected chi connectivity index (χ0v) is 18.6. The Morgan fingerprint density at radius 3 is 2.94 bits per heavy atom. The van der Waals surface area contributed by atoms with Gasteiger partial charge in [-0.1, -0.05) is 11.8 Å². The second-order valence-electron chi connectivity index (χ2n) is 6.95. The zero-order valence-electron chi connectivity index (χ0n) is 17.8. The highest BCUT2D eigenvalue weighted by atomic mass is 32.2. The molecule has 0 saturated heterocycles. The maximum absolute atomic E-state index is 11.2. The summed E-state index contributed by atoms with van der Waals surface area (Å²) in [5, 5.41) is 19.5. The van der Waals surface area contributed by atoms with Crippen LogP contribution in [0.25, 0.3) is 22.4 Å². The van der Waals surface area contributed by atoms with Crippen molar-refractivity contribution in [3.05, 3.63) is 36.8 Å². The van der Waals surface area contributed by atoms with Crippen LogP contribution in [0.2, 0.25) is 0 Å². The fraction of sp³-hybridized carbons (Fsp3) is 0.250. The number of carbonyl (C=O) groups excluding carboxylic acids is 1. The monoisotopic (exact) mass is 469 g/mol. The van der Waals surface area contributed by atoms with Crippen LogP contribution in [0.15, 0.2) is 46.8 Å². The number of nitrogens with one attached hydrogen (secondary N) is 3. The number of carbonyl (C=O) groups is 1. The SMILES string of the molecule is COc1ccc(-c2ccn[nH]2)c(Sc2nc3c(N)ncnc3n2CCNCCC(=O)NO)c1. The van der Waals surface area contributed by atoms with Crippen molar-refractivity contribution in [3.8, 4) is 17.0 Å². The number of fused-ring (bicyclic) bond motifs is 1. The number of nitrogen functional groups attached to an aromatic ring is 1. The van der Waals surface area contributed by atoms with E-state index < -0.39 is 5.91 Å². The van der Waals surface area contributed by atoms with Crippen LogP contribution in [0.1, 0.15) is 6.42 Å². The molecule has 4 rings (SSSR count). The van der Waals surface area contributed by atoms with Gasteiger partial charge in [0.15, 0.2) is 22.1 Å². The van der Waals surface area contributed by atoms with Crippen LogP contribution in [0.5, 0.6) is 5.75 Å². The number of amides is 1. The number of aromatic nitrogens is 6. The van der Waals surface area contributed by atoms with Crippen molar-refractivity contribution in [2.45, 2.75) is 23.0 Å². The van der Waals surface area contributed by atoms with Gasteiger partial charge in [0.25, 0.3) is 0 Å². The molecule has 0 unspecified atom stereocenters. The number of hydroxylamine groups is 1. The van der Waals surface area contributed by atoms with Gasteiger partial charge in [0.05, 0.1) is 12.8 Å². The van der Waals surface area contributed by atoms with Crippen LogP contribution in [0.3, 0.4) is 0 Å². The quantitative estimate of drug-likeness (QED) is 0.130. The van der Waals surface area contributed by atoms with Gasteiger partial charge in [-0.3, -0.25) is 15.1 Å². The Hall–Kier alpha value is -3.68. The number of H-pyrrole nitrogens is 1. The standard InChI is InChI=1S/C20H23N9O3S/c1-32-12-2-3-13(14-4-7-25-27-14)15(10-12)33-20-26-17-18(21)23-11-24-19(17)29(20)9-8-22-6-5-16(30)28-31/h2-4,7,10-11,22,31H,5-6,8-9H2,1H3,(H,25,27)(H,28,30)(H2,21,23,24). The molecule has 12 nitrogen and oxygen atoms in total. The minimum absolute atomic E-state index is 0.162. The maximum Gasteiger partial charge on any atom is 0.244 e. The Bertz CT molecular complexity index is 1240. The first kappa shape index (κ1) is 22.5. The topological polar surface area (TPSA) is 169 Å². The molecule has 0 fully saturated rings. The highest BCUT2D eigenvalue weighted by Gasteiger charge is 2.18. The van der Waals surface area contributed by atoms with Crippen molar-refractivity contribution in [1.29, 1.82) is 0 Å². The number of anilines is 1. The second kappa shape index (κ2) is 10.3. The van der Waals surface area contributed by atoms with Crippen molar-refractivity contribution >= 4 is 34.7 Å². The third kappa shape index (κ3) is 5.05. The third-order valence-corrected chi connectivity index (χ3v) is 5.92. The Morgan fingerprint density at radius 1 is 1.30 bits per heavy atom. The molecule has 1 aromatic carbocycles. The molecule has 0 spiro atoms. The number of nitrogens with zero attached hydrogens (tertiary/aromatic N) is 5. The largest absolute Gasteiger partial charge is 0.497 e. The fourth-order valence-corrected chi connectivity index (χ4v) is 4.31. The van der Waals surface area contributed by atoms with Gasteiger partial charge >= 0.3 is 0 Å².